The van der Waals surface area contributed by atoms with Gasteiger partial charge in [-0.25, -0.2) is 0 Å². The highest BCUT2D eigenvalue weighted by atomic mass is 32.5. The van der Waals surface area contributed by atoms with Crippen LogP contribution in [0, 0.1) is 0 Å². The van der Waals surface area contributed by atoms with E-state index in [0.717, 1.165) is 0 Å². The first-order valence-corrected chi connectivity index (χ1v) is 4.99. The third-order valence-electron chi connectivity index (χ3n) is 0.386. The van der Waals surface area contributed by atoms with Crippen molar-refractivity contribution in [3.05, 3.63) is 0 Å². The highest BCUT2D eigenvalue weighted by molar-refractivity contribution is 8.05. The van der Waals surface area contributed by atoms with E-state index in [2.05, 4.69) is 16.3 Å². The molecule has 0 aromatic carbocycles. The van der Waals surface area contributed by atoms with Crippen molar-refractivity contribution in [2.45, 2.75) is 33.8 Å². The lowest BCUT2D eigenvalue weighted by Crippen LogP contribution is -2.26. The fraction of sp³-hybridized carbons (Fsp3) is 1.00. The summed E-state index contributed by atoms with van der Waals surface area (Å²) in [5.74, 6) is 0. The minimum absolute atomic E-state index is 0. The van der Waals surface area contributed by atoms with E-state index in [1.165, 1.54) is 0 Å². The van der Waals surface area contributed by atoms with Gasteiger partial charge in [0, 0.05) is 0 Å². The van der Waals surface area contributed by atoms with Crippen LogP contribution in [0.15, 0.2) is 0 Å². The van der Waals surface area contributed by atoms with Crippen molar-refractivity contribution in [2.24, 2.45) is 0 Å². The van der Waals surface area contributed by atoms with Gasteiger partial charge in [0.15, 0.2) is 0 Å². The van der Waals surface area contributed by atoms with Crippen molar-refractivity contribution in [2.75, 3.05) is 0 Å². The maximum absolute atomic E-state index is 10.3. The normalized spacial score (nSPS) is 12.5. The van der Waals surface area contributed by atoms with E-state index < -0.39 is 12.3 Å². The molecule has 0 atom stereocenters. The van der Waals surface area contributed by atoms with Crippen molar-refractivity contribution in [1.82, 2.24) is 0 Å². The Labute approximate surface area is 67.3 Å². The fourth-order valence-electron chi connectivity index (χ4n) is 0.335. The lowest BCUT2D eigenvalue weighted by atomic mass is 10.2. The molecule has 5 heteroatoms. The Morgan fingerprint density at radius 3 is 1.60 bits per heavy atom. The van der Waals surface area contributed by atoms with Gasteiger partial charge in [-0.05, 0) is 20.8 Å². The molecule has 0 aromatic heterocycles. The van der Waals surface area contributed by atoms with Crippen LogP contribution in [0.3, 0.4) is 0 Å². The first-order chi connectivity index (χ1) is 3.71. The molecule has 3 nitrogen and oxygen atoms in total. The fourth-order valence-corrected chi connectivity index (χ4v) is 1.68. The average molecular weight is 184 g/mol. The molecule has 0 fully saturated rings. The maximum Gasteiger partial charge on any atom is 0.0619 e. The average Bonchev–Trinajstić information content (AvgIpc) is 1.14. The molecule has 0 N–H and O–H groups in total. The first kappa shape index (κ1) is 13.1. The third-order valence-corrected chi connectivity index (χ3v) is 1.38. The van der Waals surface area contributed by atoms with Crippen LogP contribution in [0.5, 0.6) is 0 Å². The molecule has 0 radical (unpaired) electrons. The monoisotopic (exact) mass is 184 g/mol. The molecule has 0 aliphatic rings. The molecule has 0 bridgehead atoms. The zero-order valence-electron chi connectivity index (χ0n) is 5.58. The van der Waals surface area contributed by atoms with Crippen molar-refractivity contribution in [1.29, 1.82) is 0 Å². The van der Waals surface area contributed by atoms with Gasteiger partial charge in [-0.1, -0.05) is 14.1 Å². The van der Waals surface area contributed by atoms with E-state index >= 15 is 0 Å². The van der Waals surface area contributed by atoms with Gasteiger partial charge >= 0.3 is 0 Å². The lowest BCUT2D eigenvalue weighted by Gasteiger charge is -2.40. The Bertz CT molecular complexity index is 134. The van der Waals surface area contributed by atoms with Gasteiger partial charge in [-0.15, -0.1) is 11.8 Å². The molecule has 0 aliphatic carbocycles. The standard InChI is InChI=1S/C4H11O3PS.CH4/c1-4(2,3)7-8(5,6)9;/h1-3H3,(H2,5,6,9);1H4/p-2. The third kappa shape index (κ3) is 11.3. The summed E-state index contributed by atoms with van der Waals surface area (Å²) in [5.41, 5.74) is -0.695. The highest BCUT2D eigenvalue weighted by Crippen LogP contribution is 2.32. The van der Waals surface area contributed by atoms with Crippen LogP contribution in [-0.2, 0) is 16.3 Å². The van der Waals surface area contributed by atoms with Crippen molar-refractivity contribution in [3.63, 3.8) is 0 Å². The Morgan fingerprint density at radius 2 is 1.60 bits per heavy atom. The summed E-state index contributed by atoms with van der Waals surface area (Å²) in [6.07, 6.45) is 0. The second kappa shape index (κ2) is 3.79. The molecular weight excluding hydrogens is 171 g/mol. The molecule has 0 rings (SSSR count). The van der Waals surface area contributed by atoms with Crippen LogP contribution < -0.4 is 9.79 Å². The second-order valence-corrected chi connectivity index (χ2v) is 5.07. The summed E-state index contributed by atoms with van der Waals surface area (Å²) >= 11 is 4.01. The Kier molecular flexibility index (Phi) is 4.98. The van der Waals surface area contributed by atoms with Gasteiger partial charge in [0.05, 0.1) is 5.60 Å². The van der Waals surface area contributed by atoms with Gasteiger partial charge in [-0.2, -0.15) is 0 Å². The molecule has 0 saturated heterocycles. The van der Waals surface area contributed by atoms with Crippen LogP contribution in [-0.4, -0.2) is 5.60 Å². The van der Waals surface area contributed by atoms with Gasteiger partial charge in [-0.3, -0.25) is 0 Å². The predicted octanol–water partition coefficient (Wildman–Crippen LogP) is 0.383. The topological polar surface area (TPSA) is 55.3 Å². The van der Waals surface area contributed by atoms with Crippen LogP contribution in [0.25, 0.3) is 0 Å². The largest absolute Gasteiger partial charge is 0.812 e. The smallest absolute Gasteiger partial charge is 0.0619 e. The van der Waals surface area contributed by atoms with Gasteiger partial charge in [0.25, 0.3) is 0 Å². The Morgan fingerprint density at radius 1 is 1.30 bits per heavy atom. The van der Waals surface area contributed by atoms with E-state index in [-0.39, 0.29) is 7.43 Å². The summed E-state index contributed by atoms with van der Waals surface area (Å²) in [4.78, 5) is 20.5. The number of hydrogen-bond acceptors (Lipinski definition) is 4. The molecule has 64 valence electrons. The van der Waals surface area contributed by atoms with E-state index in [4.69, 9.17) is 0 Å². The van der Waals surface area contributed by atoms with Crippen molar-refractivity contribution >= 4 is 18.5 Å². The zero-order chi connectivity index (χ0) is 7.71. The summed E-state index contributed by atoms with van der Waals surface area (Å²) < 4.78 is 4.44. The number of hydrogen-bond donors (Lipinski definition) is 0. The highest BCUT2D eigenvalue weighted by Gasteiger charge is 2.09. The van der Waals surface area contributed by atoms with Gasteiger partial charge in [0.2, 0.25) is 0 Å². The van der Waals surface area contributed by atoms with E-state index in [9.17, 15) is 9.79 Å². The first-order valence-electron chi connectivity index (χ1n) is 2.43. The van der Waals surface area contributed by atoms with Gasteiger partial charge < -0.3 is 14.3 Å². The van der Waals surface area contributed by atoms with E-state index in [1.807, 2.05) is 0 Å². The van der Waals surface area contributed by atoms with Gasteiger partial charge in [0.1, 0.15) is 0 Å². The quantitative estimate of drug-likeness (QED) is 0.553. The van der Waals surface area contributed by atoms with Crippen LogP contribution in [0.1, 0.15) is 28.2 Å². The summed E-state index contributed by atoms with van der Waals surface area (Å²) in [5, 5.41) is 0. The van der Waals surface area contributed by atoms with Crippen molar-refractivity contribution in [3.8, 4) is 0 Å². The second-order valence-electron chi connectivity index (χ2n) is 2.65. The molecule has 0 aromatic rings. The summed E-state index contributed by atoms with van der Waals surface area (Å²) in [7, 11) is 0. The summed E-state index contributed by atoms with van der Waals surface area (Å²) in [6, 6.07) is 0. The van der Waals surface area contributed by atoms with Crippen LogP contribution in [0.4, 0.5) is 0 Å². The molecule has 0 amide bonds. The molecule has 0 saturated carbocycles. The molecule has 0 aliphatic heterocycles. The summed E-state index contributed by atoms with van der Waals surface area (Å²) in [6.45, 7) is 0.933. The van der Waals surface area contributed by atoms with E-state index in [1.54, 1.807) is 20.8 Å². The van der Waals surface area contributed by atoms with Crippen LogP contribution >= 0.6 is 6.72 Å². The van der Waals surface area contributed by atoms with E-state index in [0.29, 0.717) is 0 Å². The predicted molar refractivity (Wildman–Crippen MR) is 41.9 cm³/mol. The molecule has 0 unspecified atom stereocenters. The Balaban J connectivity index is 0. The lowest BCUT2D eigenvalue weighted by molar-refractivity contribution is -0.327. The number of rotatable bonds is 1. The molecular formula is C5H13O3PS-2. The molecule has 0 spiro atoms. The SMILES string of the molecule is C.CC(C)(C)OP([O-])([O-])=S. The zero-order valence-corrected chi connectivity index (χ0v) is 7.29. The minimum atomic E-state index is -3.95. The molecule has 10 heavy (non-hydrogen) atoms. The minimum Gasteiger partial charge on any atom is -0.812 e. The Hall–Kier alpha value is 0.530. The molecule has 0 heterocycles. The van der Waals surface area contributed by atoms with Crippen LogP contribution in [0.2, 0.25) is 0 Å². The maximum atomic E-state index is 10.3. The van der Waals surface area contributed by atoms with Crippen molar-refractivity contribution < 1.29 is 14.3 Å².